The summed E-state index contributed by atoms with van der Waals surface area (Å²) in [6, 6.07) is 3.80. The largest absolute Gasteiger partial charge is 0.486 e. The molecule has 6 heteroatoms. The van der Waals surface area contributed by atoms with Gasteiger partial charge in [0.15, 0.2) is 17.2 Å². The van der Waals surface area contributed by atoms with Gasteiger partial charge in [-0.1, -0.05) is 11.8 Å². The van der Waals surface area contributed by atoms with Gasteiger partial charge in [0.05, 0.1) is 16.8 Å². The van der Waals surface area contributed by atoms with Crippen LogP contribution in [0.5, 0.6) is 17.2 Å². The van der Waals surface area contributed by atoms with Gasteiger partial charge >= 0.3 is 0 Å². The molecule has 2 aliphatic rings. The van der Waals surface area contributed by atoms with Crippen LogP contribution in [-0.4, -0.2) is 29.1 Å². The highest BCUT2D eigenvalue weighted by atomic mass is 32.2. The molecule has 0 bridgehead atoms. The molecule has 0 fully saturated rings. The number of nitrogens with zero attached hydrogens (tertiary/aromatic N) is 2. The van der Waals surface area contributed by atoms with E-state index >= 15 is 0 Å². The lowest BCUT2D eigenvalue weighted by Crippen LogP contribution is -2.15. The van der Waals surface area contributed by atoms with Crippen molar-refractivity contribution in [2.75, 3.05) is 19.2 Å². The van der Waals surface area contributed by atoms with Gasteiger partial charge in [0.2, 0.25) is 0 Å². The number of hydrogen-bond donors (Lipinski definition) is 0. The summed E-state index contributed by atoms with van der Waals surface area (Å²) in [5.74, 6) is 2.81. The molecule has 2 aliphatic heterocycles. The van der Waals surface area contributed by atoms with Crippen molar-refractivity contribution in [1.29, 1.82) is 0 Å². The fourth-order valence-corrected chi connectivity index (χ4v) is 2.84. The lowest BCUT2D eigenvalue weighted by molar-refractivity contribution is 0.171. The van der Waals surface area contributed by atoms with Crippen LogP contribution in [0.3, 0.4) is 0 Å². The van der Waals surface area contributed by atoms with Crippen LogP contribution in [0.15, 0.2) is 29.4 Å². The molecule has 0 saturated heterocycles. The van der Waals surface area contributed by atoms with Crippen molar-refractivity contribution in [3.05, 3.63) is 24.5 Å². The van der Waals surface area contributed by atoms with Gasteiger partial charge in [0.1, 0.15) is 24.8 Å². The number of ether oxygens (including phenoxy) is 3. The van der Waals surface area contributed by atoms with Crippen LogP contribution >= 0.6 is 11.8 Å². The Hall–Kier alpha value is -1.95. The summed E-state index contributed by atoms with van der Waals surface area (Å²) in [4.78, 5) is 9.85. The molecule has 0 amide bonds. The fourth-order valence-electron chi connectivity index (χ4n) is 2.10. The highest BCUT2D eigenvalue weighted by Gasteiger charge is 2.21. The van der Waals surface area contributed by atoms with Gasteiger partial charge in [0.25, 0.3) is 0 Å². The van der Waals surface area contributed by atoms with Gasteiger partial charge in [0, 0.05) is 12.3 Å². The van der Waals surface area contributed by atoms with Crippen LogP contribution in [0.4, 0.5) is 0 Å². The third-order valence-electron chi connectivity index (χ3n) is 2.96. The van der Waals surface area contributed by atoms with E-state index < -0.39 is 0 Å². The minimum Gasteiger partial charge on any atom is -0.486 e. The lowest BCUT2D eigenvalue weighted by atomic mass is 10.2. The minimum absolute atomic E-state index is 0.559. The average Bonchev–Trinajstić information content (AvgIpc) is 2.95. The summed E-state index contributed by atoms with van der Waals surface area (Å²) in [5, 5.41) is 0. The first kappa shape index (κ1) is 10.9. The molecular formula is C13H10N2O3S. The predicted octanol–water partition coefficient (Wildman–Crippen LogP) is 2.36. The molecule has 0 N–H and O–H groups in total. The standard InChI is InChI=1S/C13H10N2O3S/c1-2-14-12(13-11(1)19-7-18-13)8-5-9-10(6-15-8)17-4-3-16-9/h1-2,5-6H,3-4,7H2. The molecule has 0 aromatic carbocycles. The minimum atomic E-state index is 0.559. The molecular weight excluding hydrogens is 264 g/mol. The summed E-state index contributed by atoms with van der Waals surface area (Å²) in [6.07, 6.45) is 3.45. The SMILES string of the molecule is c1cc2c(c(-c3cc4c(cn3)OCCO4)n1)OCS2. The van der Waals surface area contributed by atoms with Crippen LogP contribution in [0, 0.1) is 0 Å². The van der Waals surface area contributed by atoms with Crippen LogP contribution in [0.1, 0.15) is 0 Å². The van der Waals surface area contributed by atoms with Crippen molar-refractivity contribution >= 4 is 11.8 Å². The van der Waals surface area contributed by atoms with Crippen molar-refractivity contribution < 1.29 is 14.2 Å². The average molecular weight is 274 g/mol. The molecule has 4 heterocycles. The molecule has 0 spiro atoms. The molecule has 19 heavy (non-hydrogen) atoms. The Labute approximate surface area is 113 Å². The molecule has 0 aliphatic carbocycles. The highest BCUT2D eigenvalue weighted by molar-refractivity contribution is 7.99. The summed E-state index contributed by atoms with van der Waals surface area (Å²) in [7, 11) is 0. The smallest absolute Gasteiger partial charge is 0.179 e. The van der Waals surface area contributed by atoms with Crippen LogP contribution in [0.25, 0.3) is 11.4 Å². The second kappa shape index (κ2) is 4.31. The molecule has 0 radical (unpaired) electrons. The normalized spacial score (nSPS) is 15.8. The number of thioether (sulfide) groups is 1. The molecule has 96 valence electrons. The summed E-state index contributed by atoms with van der Waals surface area (Å²) in [6.45, 7) is 1.12. The Balaban J connectivity index is 1.83. The number of rotatable bonds is 1. The predicted molar refractivity (Wildman–Crippen MR) is 69.8 cm³/mol. The van der Waals surface area contributed by atoms with E-state index in [1.54, 1.807) is 24.2 Å². The quantitative estimate of drug-likeness (QED) is 0.795. The van der Waals surface area contributed by atoms with Crippen molar-refractivity contribution in [2.45, 2.75) is 4.90 Å². The summed E-state index contributed by atoms with van der Waals surface area (Å²) < 4.78 is 16.6. The van der Waals surface area contributed by atoms with E-state index in [1.807, 2.05) is 12.1 Å². The second-order valence-corrected chi connectivity index (χ2v) is 5.07. The maximum Gasteiger partial charge on any atom is 0.179 e. The Bertz CT molecular complexity index is 648. The first-order valence-corrected chi connectivity index (χ1v) is 6.91. The van der Waals surface area contributed by atoms with Gasteiger partial charge in [-0.2, -0.15) is 0 Å². The van der Waals surface area contributed by atoms with E-state index in [1.165, 1.54) is 0 Å². The zero-order chi connectivity index (χ0) is 12.7. The van der Waals surface area contributed by atoms with Crippen molar-refractivity contribution in [2.24, 2.45) is 0 Å². The first-order chi connectivity index (χ1) is 9.42. The number of pyridine rings is 2. The maximum absolute atomic E-state index is 5.62. The second-order valence-electron chi connectivity index (χ2n) is 4.11. The van der Waals surface area contributed by atoms with Gasteiger partial charge < -0.3 is 14.2 Å². The molecule has 0 unspecified atom stereocenters. The van der Waals surface area contributed by atoms with E-state index in [2.05, 4.69) is 9.97 Å². The number of aromatic nitrogens is 2. The molecule has 5 nitrogen and oxygen atoms in total. The topological polar surface area (TPSA) is 53.5 Å². The number of fused-ring (bicyclic) bond motifs is 2. The monoisotopic (exact) mass is 274 g/mol. The number of hydrogen-bond acceptors (Lipinski definition) is 6. The Morgan fingerprint density at radius 3 is 2.89 bits per heavy atom. The van der Waals surface area contributed by atoms with Crippen molar-refractivity contribution in [3.8, 4) is 28.6 Å². The first-order valence-electron chi connectivity index (χ1n) is 5.92. The van der Waals surface area contributed by atoms with Gasteiger partial charge in [-0.3, -0.25) is 9.97 Å². The third kappa shape index (κ3) is 1.79. The Morgan fingerprint density at radius 1 is 1.05 bits per heavy atom. The highest BCUT2D eigenvalue weighted by Crippen LogP contribution is 2.42. The molecule has 2 aromatic heterocycles. The maximum atomic E-state index is 5.62. The molecule has 0 atom stereocenters. The van der Waals surface area contributed by atoms with E-state index in [9.17, 15) is 0 Å². The summed E-state index contributed by atoms with van der Waals surface area (Å²) in [5.41, 5.74) is 1.49. The van der Waals surface area contributed by atoms with Crippen LogP contribution in [0.2, 0.25) is 0 Å². The van der Waals surface area contributed by atoms with Crippen molar-refractivity contribution in [1.82, 2.24) is 9.97 Å². The lowest BCUT2D eigenvalue weighted by Gasteiger charge is -2.18. The Kier molecular flexibility index (Phi) is 2.48. The molecule has 2 aromatic rings. The van der Waals surface area contributed by atoms with E-state index in [0.29, 0.717) is 30.7 Å². The summed E-state index contributed by atoms with van der Waals surface area (Å²) >= 11 is 1.66. The molecule has 0 saturated carbocycles. The van der Waals surface area contributed by atoms with E-state index in [0.717, 1.165) is 22.0 Å². The molecule has 4 rings (SSSR count). The van der Waals surface area contributed by atoms with Gasteiger partial charge in [-0.25, -0.2) is 0 Å². The van der Waals surface area contributed by atoms with E-state index in [4.69, 9.17) is 14.2 Å². The Morgan fingerprint density at radius 2 is 1.95 bits per heavy atom. The van der Waals surface area contributed by atoms with Gasteiger partial charge in [-0.15, -0.1) is 0 Å². The van der Waals surface area contributed by atoms with Crippen LogP contribution < -0.4 is 14.2 Å². The zero-order valence-corrected chi connectivity index (χ0v) is 10.8. The van der Waals surface area contributed by atoms with Crippen LogP contribution in [-0.2, 0) is 0 Å². The van der Waals surface area contributed by atoms with Crippen molar-refractivity contribution in [3.63, 3.8) is 0 Å². The third-order valence-corrected chi connectivity index (χ3v) is 3.83. The zero-order valence-electron chi connectivity index (χ0n) is 9.96. The van der Waals surface area contributed by atoms with Gasteiger partial charge in [-0.05, 0) is 6.07 Å². The fraction of sp³-hybridized carbons (Fsp3) is 0.231. The van der Waals surface area contributed by atoms with E-state index in [-0.39, 0.29) is 0 Å².